The van der Waals surface area contributed by atoms with Crippen molar-refractivity contribution >= 4 is 17.3 Å². The van der Waals surface area contributed by atoms with Gasteiger partial charge in [-0.1, -0.05) is 18.2 Å². The molecule has 68 valence electrons. The quantitative estimate of drug-likeness (QED) is 0.586. The summed E-state index contributed by atoms with van der Waals surface area (Å²) < 4.78 is 24.5. The van der Waals surface area contributed by atoms with Crippen LogP contribution in [0.25, 0.3) is 11.0 Å². The van der Waals surface area contributed by atoms with Crippen molar-refractivity contribution < 1.29 is 18.0 Å². The van der Waals surface area contributed by atoms with E-state index in [0.29, 0.717) is 0 Å². The second-order valence-corrected chi connectivity index (χ2v) is 2.18. The van der Waals surface area contributed by atoms with Crippen LogP contribution in [-0.4, -0.2) is 6.29 Å². The monoisotopic (exact) mass is 184 g/mol. The molecule has 0 aliphatic carbocycles. The maximum Gasteiger partial charge on any atom is 0.483 e. The van der Waals surface area contributed by atoms with E-state index in [1.54, 1.807) is 6.26 Å². The van der Waals surface area contributed by atoms with Gasteiger partial charge < -0.3 is 4.42 Å². The van der Waals surface area contributed by atoms with Crippen LogP contribution in [0.5, 0.6) is 0 Å². The third-order valence-corrected chi connectivity index (χ3v) is 1.36. The zero-order valence-corrected chi connectivity index (χ0v) is 6.54. The second kappa shape index (κ2) is 4.35. The van der Waals surface area contributed by atoms with Crippen molar-refractivity contribution in [2.24, 2.45) is 0 Å². The predicted octanol–water partition coefficient (Wildman–Crippen LogP) is 3.48. The average molecular weight is 184 g/mol. The average Bonchev–Trinajstić information content (AvgIpc) is 2.49. The molecule has 2 rings (SSSR count). The minimum atomic E-state index is -2.83. The third kappa shape index (κ3) is 3.02. The van der Waals surface area contributed by atoms with Crippen molar-refractivity contribution in [1.29, 1.82) is 0 Å². The highest BCUT2D eigenvalue weighted by Gasteiger charge is 1.89. The van der Waals surface area contributed by atoms with Gasteiger partial charge in [0.1, 0.15) is 5.58 Å². The topological polar surface area (TPSA) is 30.2 Å². The van der Waals surface area contributed by atoms with Gasteiger partial charge in [-0.2, -0.15) is 0 Å². The van der Waals surface area contributed by atoms with E-state index in [4.69, 9.17) is 9.21 Å². The lowest BCUT2D eigenvalue weighted by Crippen LogP contribution is -1.57. The maximum atomic E-state index is 9.69. The Balaban J connectivity index is 0.000000184. The molecule has 0 unspecified atom stereocenters. The van der Waals surface area contributed by atoms with E-state index < -0.39 is 6.29 Å². The van der Waals surface area contributed by atoms with Gasteiger partial charge in [0.2, 0.25) is 0 Å². The zero-order chi connectivity index (χ0) is 9.68. The molecule has 1 aromatic heterocycles. The van der Waals surface area contributed by atoms with Crippen molar-refractivity contribution in [2.75, 3.05) is 0 Å². The highest BCUT2D eigenvalue weighted by atomic mass is 19.3. The smallest absolute Gasteiger partial charge is 0.464 e. The van der Waals surface area contributed by atoms with E-state index in [2.05, 4.69) is 0 Å². The molecule has 0 aliphatic rings. The lowest BCUT2D eigenvalue weighted by molar-refractivity contribution is 0.199. The maximum absolute atomic E-state index is 9.69. The van der Waals surface area contributed by atoms with E-state index in [0.717, 1.165) is 11.0 Å². The molecule has 2 nitrogen and oxygen atoms in total. The third-order valence-electron chi connectivity index (χ3n) is 1.36. The molecule has 0 aliphatic heterocycles. The van der Waals surface area contributed by atoms with Crippen LogP contribution < -0.4 is 0 Å². The normalized spacial score (nSPS) is 9.08. The Morgan fingerprint density at radius 3 is 2.38 bits per heavy atom. The number of fused-ring (bicyclic) bond motifs is 1. The molecule has 2 aromatic rings. The van der Waals surface area contributed by atoms with Crippen LogP contribution in [-0.2, 0) is 0 Å². The van der Waals surface area contributed by atoms with Crippen LogP contribution in [0.2, 0.25) is 0 Å². The SMILES string of the molecule is O=C(F)F.c1ccc2occc2c1. The fourth-order valence-corrected chi connectivity index (χ4v) is 0.906. The minimum Gasteiger partial charge on any atom is -0.464 e. The first-order valence-corrected chi connectivity index (χ1v) is 3.47. The number of hydrogen-bond donors (Lipinski definition) is 0. The standard InChI is InChI=1S/C8H6O.CF2O/c1-2-4-8-7(3-1)5-6-9-8;2-1(3)4/h1-6H;. The van der Waals surface area contributed by atoms with Gasteiger partial charge in [-0.3, -0.25) is 0 Å². The molecule has 0 atom stereocenters. The summed E-state index contributed by atoms with van der Waals surface area (Å²) in [6.07, 6.45) is -1.13. The van der Waals surface area contributed by atoms with Gasteiger partial charge in [-0.05, 0) is 12.1 Å². The number of para-hydroxylation sites is 1. The van der Waals surface area contributed by atoms with Crippen molar-refractivity contribution in [3.8, 4) is 0 Å². The molecule has 0 saturated carbocycles. The number of hydrogen-bond acceptors (Lipinski definition) is 2. The summed E-state index contributed by atoms with van der Waals surface area (Å²) in [6.45, 7) is 0. The van der Waals surface area contributed by atoms with Crippen LogP contribution in [0, 0.1) is 0 Å². The molecular formula is C9H6F2O2. The molecule has 1 aromatic carbocycles. The van der Waals surface area contributed by atoms with Crippen molar-refractivity contribution in [3.63, 3.8) is 0 Å². The van der Waals surface area contributed by atoms with Crippen molar-refractivity contribution in [2.45, 2.75) is 0 Å². The van der Waals surface area contributed by atoms with Crippen molar-refractivity contribution in [3.05, 3.63) is 36.6 Å². The van der Waals surface area contributed by atoms with Gasteiger partial charge in [0.05, 0.1) is 6.26 Å². The molecule has 0 radical (unpaired) electrons. The molecule has 0 N–H and O–H groups in total. The van der Waals surface area contributed by atoms with Gasteiger partial charge >= 0.3 is 6.29 Å². The molecule has 0 saturated heterocycles. The molecule has 0 amide bonds. The van der Waals surface area contributed by atoms with E-state index in [1.807, 2.05) is 30.3 Å². The number of rotatable bonds is 0. The van der Waals surface area contributed by atoms with Gasteiger partial charge in [0.15, 0.2) is 0 Å². The fraction of sp³-hybridized carbons (Fsp3) is 0. The summed E-state index contributed by atoms with van der Waals surface area (Å²) >= 11 is 0. The number of halogens is 2. The molecule has 13 heavy (non-hydrogen) atoms. The van der Waals surface area contributed by atoms with Crippen LogP contribution in [0.1, 0.15) is 0 Å². The zero-order valence-electron chi connectivity index (χ0n) is 6.54. The van der Waals surface area contributed by atoms with Gasteiger partial charge in [0, 0.05) is 5.39 Å². The molecular weight excluding hydrogens is 178 g/mol. The first-order chi connectivity index (χ1) is 6.20. The van der Waals surface area contributed by atoms with Crippen LogP contribution in [0.15, 0.2) is 41.0 Å². The first-order valence-electron chi connectivity index (χ1n) is 3.47. The van der Waals surface area contributed by atoms with Crippen LogP contribution in [0.3, 0.4) is 0 Å². The fourth-order valence-electron chi connectivity index (χ4n) is 0.906. The molecule has 0 bridgehead atoms. The van der Waals surface area contributed by atoms with Crippen molar-refractivity contribution in [1.82, 2.24) is 0 Å². The summed E-state index contributed by atoms with van der Waals surface area (Å²) in [5.41, 5.74) is 0.956. The Kier molecular flexibility index (Phi) is 3.14. The number of benzene rings is 1. The number of carbonyl (C=O) groups is 1. The first kappa shape index (κ1) is 9.38. The van der Waals surface area contributed by atoms with E-state index >= 15 is 0 Å². The van der Waals surface area contributed by atoms with Gasteiger partial charge in [-0.25, -0.2) is 4.79 Å². The van der Waals surface area contributed by atoms with Crippen LogP contribution >= 0.6 is 0 Å². The van der Waals surface area contributed by atoms with E-state index in [9.17, 15) is 8.78 Å². The Morgan fingerprint density at radius 1 is 1.15 bits per heavy atom. The lowest BCUT2D eigenvalue weighted by Gasteiger charge is -1.81. The highest BCUT2D eigenvalue weighted by molar-refractivity contribution is 5.76. The minimum absolute atomic E-state index is 0.956. The Morgan fingerprint density at radius 2 is 1.77 bits per heavy atom. The molecule has 0 fully saturated rings. The molecule has 0 spiro atoms. The molecule has 1 heterocycles. The summed E-state index contributed by atoms with van der Waals surface area (Å²) in [4.78, 5) is 8.11. The lowest BCUT2D eigenvalue weighted by atomic mass is 10.3. The summed E-state index contributed by atoms with van der Waals surface area (Å²) in [5, 5.41) is 1.16. The Hall–Kier alpha value is -1.71. The summed E-state index contributed by atoms with van der Waals surface area (Å²) in [5.74, 6) is 0. The van der Waals surface area contributed by atoms with Crippen LogP contribution in [0.4, 0.5) is 13.6 Å². The summed E-state index contributed by atoms with van der Waals surface area (Å²) in [6, 6.07) is 9.90. The number of furan rings is 1. The molecule has 4 heteroatoms. The van der Waals surface area contributed by atoms with Gasteiger partial charge in [0.25, 0.3) is 0 Å². The van der Waals surface area contributed by atoms with E-state index in [1.165, 1.54) is 0 Å². The van der Waals surface area contributed by atoms with Gasteiger partial charge in [-0.15, -0.1) is 8.78 Å². The Labute approximate surface area is 72.8 Å². The second-order valence-electron chi connectivity index (χ2n) is 2.18. The Bertz CT molecular complexity index is 361. The largest absolute Gasteiger partial charge is 0.483 e. The number of carbonyl (C=O) groups excluding carboxylic acids is 1. The van der Waals surface area contributed by atoms with E-state index in [-0.39, 0.29) is 0 Å². The highest BCUT2D eigenvalue weighted by Crippen LogP contribution is 2.12. The predicted molar refractivity (Wildman–Crippen MR) is 43.8 cm³/mol. The summed E-state index contributed by atoms with van der Waals surface area (Å²) in [7, 11) is 0.